The Bertz CT molecular complexity index is 1640. The van der Waals surface area contributed by atoms with E-state index in [9.17, 15) is 18.3 Å². The molecule has 0 spiro atoms. The molecule has 1 aliphatic heterocycles. The number of rotatable bonds is 12. The number of aromatic nitrogens is 1. The van der Waals surface area contributed by atoms with Gasteiger partial charge in [-0.1, -0.05) is 42.5 Å². The fourth-order valence-corrected chi connectivity index (χ4v) is 7.06. The van der Waals surface area contributed by atoms with Crippen LogP contribution in [0.25, 0.3) is 10.9 Å². The molecule has 2 atom stereocenters. The van der Waals surface area contributed by atoms with Gasteiger partial charge in [-0.3, -0.25) is 9.10 Å². The molecular weight excluding hydrogens is 552 g/mol. The van der Waals surface area contributed by atoms with Crippen molar-refractivity contribution in [2.45, 2.75) is 45.0 Å². The molecule has 1 saturated heterocycles. The zero-order chi connectivity index (χ0) is 29.7. The Hall–Kier alpha value is -3.86. The number of hydrogen-bond acceptors (Lipinski definition) is 6. The Morgan fingerprint density at radius 1 is 1.05 bits per heavy atom. The van der Waals surface area contributed by atoms with Gasteiger partial charge in [-0.25, -0.2) is 8.42 Å². The number of aliphatic hydroxyl groups excluding tert-OH is 1. The van der Waals surface area contributed by atoms with E-state index in [4.69, 9.17) is 4.74 Å². The molecule has 42 heavy (non-hydrogen) atoms. The van der Waals surface area contributed by atoms with E-state index < -0.39 is 22.2 Å². The van der Waals surface area contributed by atoms with Crippen LogP contribution in [0.5, 0.6) is 5.75 Å². The number of aliphatic hydroxyl groups is 1. The smallest absolute Gasteiger partial charge is 0.251 e. The zero-order valence-corrected chi connectivity index (χ0v) is 24.8. The third-order valence-corrected chi connectivity index (χ3v) is 9.59. The fourth-order valence-electron chi connectivity index (χ4n) is 5.49. The monoisotopic (exact) mass is 590 g/mol. The lowest BCUT2D eigenvalue weighted by Gasteiger charge is -2.25. The van der Waals surface area contributed by atoms with Gasteiger partial charge < -0.3 is 25.0 Å². The molecule has 10 heteroatoms. The Labute approximate surface area is 247 Å². The third-order valence-electron chi connectivity index (χ3n) is 7.73. The lowest BCUT2D eigenvalue weighted by Crippen LogP contribution is -2.48. The number of hydrogen-bond donors (Lipinski definition) is 3. The lowest BCUT2D eigenvalue weighted by atomic mass is 10.00. The SMILES string of the molecule is CCn1ccc2c(N3CCCS3(=O)=O)cc(C(=O)N[C@@H](Cc3ccccc3)[C@H](O)CNCc3cccc(OC)c3)cc21. The summed E-state index contributed by atoms with van der Waals surface area (Å²) in [5.74, 6) is 0.482. The van der Waals surface area contributed by atoms with Crippen molar-refractivity contribution in [3.8, 4) is 5.75 Å². The van der Waals surface area contributed by atoms with E-state index in [1.54, 1.807) is 19.2 Å². The Morgan fingerprint density at radius 3 is 2.55 bits per heavy atom. The van der Waals surface area contributed by atoms with Crippen molar-refractivity contribution in [2.24, 2.45) is 0 Å². The molecule has 3 aromatic carbocycles. The molecule has 0 radical (unpaired) electrons. The maximum atomic E-state index is 13.8. The summed E-state index contributed by atoms with van der Waals surface area (Å²) in [5.41, 5.74) is 3.66. The van der Waals surface area contributed by atoms with Crippen LogP contribution in [0.3, 0.4) is 0 Å². The van der Waals surface area contributed by atoms with Crippen molar-refractivity contribution < 1.29 is 23.1 Å². The van der Waals surface area contributed by atoms with Crippen LogP contribution in [0, 0.1) is 0 Å². The van der Waals surface area contributed by atoms with Crippen molar-refractivity contribution in [1.82, 2.24) is 15.2 Å². The van der Waals surface area contributed by atoms with Gasteiger partial charge in [0.05, 0.1) is 36.2 Å². The highest BCUT2D eigenvalue weighted by Crippen LogP contribution is 2.34. The molecule has 5 rings (SSSR count). The number of aryl methyl sites for hydroxylation is 1. The summed E-state index contributed by atoms with van der Waals surface area (Å²) in [5, 5.41) is 18.4. The topological polar surface area (TPSA) is 113 Å². The number of carbonyl (C=O) groups is 1. The molecule has 222 valence electrons. The largest absolute Gasteiger partial charge is 0.497 e. The van der Waals surface area contributed by atoms with Gasteiger partial charge in [0, 0.05) is 43.3 Å². The van der Waals surface area contributed by atoms with Crippen LogP contribution in [-0.4, -0.2) is 62.1 Å². The molecule has 0 aliphatic carbocycles. The van der Waals surface area contributed by atoms with Crippen molar-refractivity contribution in [1.29, 1.82) is 0 Å². The highest BCUT2D eigenvalue weighted by Gasteiger charge is 2.31. The van der Waals surface area contributed by atoms with Crippen molar-refractivity contribution in [3.05, 3.63) is 95.7 Å². The summed E-state index contributed by atoms with van der Waals surface area (Å²) in [6.45, 7) is 3.84. The number of nitrogens with zero attached hydrogens (tertiary/aromatic N) is 2. The summed E-state index contributed by atoms with van der Waals surface area (Å²) in [6, 6.07) is 22.2. The van der Waals surface area contributed by atoms with E-state index >= 15 is 0 Å². The first kappa shape index (κ1) is 29.6. The molecule has 3 N–H and O–H groups in total. The summed E-state index contributed by atoms with van der Waals surface area (Å²) in [7, 11) is -1.83. The predicted octanol–water partition coefficient (Wildman–Crippen LogP) is 3.70. The maximum Gasteiger partial charge on any atom is 0.251 e. The fraction of sp³-hybridized carbons (Fsp3) is 0.344. The van der Waals surface area contributed by atoms with Gasteiger partial charge in [0.25, 0.3) is 5.91 Å². The van der Waals surface area contributed by atoms with E-state index in [-0.39, 0.29) is 18.2 Å². The Balaban J connectivity index is 1.39. The average Bonchev–Trinajstić information content (AvgIpc) is 3.58. The summed E-state index contributed by atoms with van der Waals surface area (Å²) in [4.78, 5) is 13.8. The molecule has 0 saturated carbocycles. The minimum atomic E-state index is -3.45. The molecule has 2 heterocycles. The summed E-state index contributed by atoms with van der Waals surface area (Å²) >= 11 is 0. The number of ether oxygens (including phenoxy) is 1. The first-order valence-corrected chi connectivity index (χ1v) is 15.9. The number of sulfonamides is 1. The van der Waals surface area contributed by atoms with E-state index in [1.165, 1.54) is 4.31 Å². The van der Waals surface area contributed by atoms with E-state index in [0.717, 1.165) is 27.8 Å². The minimum absolute atomic E-state index is 0.0908. The second-order valence-electron chi connectivity index (χ2n) is 10.6. The second-order valence-corrected chi connectivity index (χ2v) is 12.6. The van der Waals surface area contributed by atoms with Gasteiger partial charge in [0.1, 0.15) is 5.75 Å². The first-order valence-electron chi connectivity index (χ1n) is 14.3. The third kappa shape index (κ3) is 6.61. The molecule has 9 nitrogen and oxygen atoms in total. The minimum Gasteiger partial charge on any atom is -0.497 e. The molecular formula is C32H38N4O5S. The van der Waals surface area contributed by atoms with Crippen LogP contribution < -0.4 is 19.7 Å². The summed E-state index contributed by atoms with van der Waals surface area (Å²) in [6.07, 6.45) is 1.99. The maximum absolute atomic E-state index is 13.8. The van der Waals surface area contributed by atoms with Gasteiger partial charge in [0.15, 0.2) is 0 Å². The first-order chi connectivity index (χ1) is 20.3. The average molecular weight is 591 g/mol. The van der Waals surface area contributed by atoms with E-state index in [1.807, 2.05) is 78.4 Å². The van der Waals surface area contributed by atoms with Gasteiger partial charge in [-0.2, -0.15) is 0 Å². The number of fused-ring (bicyclic) bond motifs is 1. The molecule has 1 fully saturated rings. The number of nitrogens with one attached hydrogen (secondary N) is 2. The van der Waals surface area contributed by atoms with Crippen LogP contribution in [0.4, 0.5) is 5.69 Å². The van der Waals surface area contributed by atoms with E-state index in [2.05, 4.69) is 10.6 Å². The van der Waals surface area contributed by atoms with Crippen molar-refractivity contribution >= 4 is 32.5 Å². The second kappa shape index (κ2) is 13.0. The summed E-state index contributed by atoms with van der Waals surface area (Å²) < 4.78 is 34.4. The zero-order valence-electron chi connectivity index (χ0n) is 24.0. The molecule has 0 unspecified atom stereocenters. The van der Waals surface area contributed by atoms with Gasteiger partial charge in [0.2, 0.25) is 10.0 Å². The van der Waals surface area contributed by atoms with E-state index in [0.29, 0.717) is 43.7 Å². The number of benzene rings is 3. The van der Waals surface area contributed by atoms with Crippen molar-refractivity contribution in [2.75, 3.05) is 30.3 Å². The highest BCUT2D eigenvalue weighted by molar-refractivity contribution is 7.93. The molecule has 0 bridgehead atoms. The van der Waals surface area contributed by atoms with Crippen LogP contribution in [-0.2, 0) is 29.5 Å². The highest BCUT2D eigenvalue weighted by atomic mass is 32.2. The quantitative estimate of drug-likeness (QED) is 0.232. The normalized spacial score (nSPS) is 15.9. The molecule has 1 amide bonds. The van der Waals surface area contributed by atoms with Crippen LogP contribution in [0.1, 0.15) is 34.8 Å². The Morgan fingerprint density at radius 2 is 1.83 bits per heavy atom. The van der Waals surface area contributed by atoms with Crippen LogP contribution in [0.2, 0.25) is 0 Å². The van der Waals surface area contributed by atoms with Gasteiger partial charge in [-0.05, 0) is 61.2 Å². The lowest BCUT2D eigenvalue weighted by molar-refractivity contribution is 0.0830. The number of methoxy groups -OCH3 is 1. The predicted molar refractivity (Wildman–Crippen MR) is 165 cm³/mol. The Kier molecular flexibility index (Phi) is 9.15. The van der Waals surface area contributed by atoms with Gasteiger partial charge >= 0.3 is 0 Å². The van der Waals surface area contributed by atoms with Gasteiger partial charge in [-0.15, -0.1) is 0 Å². The standard InChI is InChI=1S/C32H38N4O5S/c1-3-35-15-13-27-29(35)19-25(20-30(27)36-14-8-16-42(36,39)40)32(38)34-28(18-23-9-5-4-6-10-23)31(37)22-33-21-24-11-7-12-26(17-24)41-2/h4-7,9-13,15,17,19-20,28,31,33,37H,3,8,14,16,18,21-22H2,1-2H3,(H,34,38)/t28-,31+/m0/s1. The molecule has 1 aromatic heterocycles. The number of anilines is 1. The number of amides is 1. The van der Waals surface area contributed by atoms with Crippen molar-refractivity contribution in [3.63, 3.8) is 0 Å². The molecule has 1 aliphatic rings. The number of carbonyl (C=O) groups excluding carboxylic acids is 1. The molecule has 4 aromatic rings. The van der Waals surface area contributed by atoms with Crippen LogP contribution >= 0.6 is 0 Å². The van der Waals surface area contributed by atoms with Crippen LogP contribution in [0.15, 0.2) is 79.0 Å².